The number of amides is 5. The van der Waals surface area contributed by atoms with Crippen LogP contribution in [-0.2, 0) is 33.8 Å². The van der Waals surface area contributed by atoms with Crippen LogP contribution in [0.25, 0.3) is 11.3 Å². The van der Waals surface area contributed by atoms with Crippen molar-refractivity contribution in [3.8, 4) is 11.3 Å². The van der Waals surface area contributed by atoms with E-state index in [1.165, 1.54) is 7.11 Å². The van der Waals surface area contributed by atoms with E-state index in [2.05, 4.69) is 34.9 Å². The second-order valence-electron chi connectivity index (χ2n) is 17.1. The van der Waals surface area contributed by atoms with Crippen LogP contribution in [0.1, 0.15) is 82.6 Å². The van der Waals surface area contributed by atoms with Crippen molar-refractivity contribution in [1.29, 1.82) is 0 Å². The fraction of sp³-hybridized carbons (Fsp3) is 0.478. The molecule has 5 atom stereocenters. The second kappa shape index (κ2) is 21.4. The van der Waals surface area contributed by atoms with E-state index in [-0.39, 0.29) is 37.4 Å². The number of aliphatic hydroxyl groups excluding tert-OH is 1. The van der Waals surface area contributed by atoms with Gasteiger partial charge >= 0.3 is 12.1 Å². The molecule has 0 bridgehead atoms. The minimum atomic E-state index is -1.21. The van der Waals surface area contributed by atoms with E-state index in [9.17, 15) is 24.3 Å². The first-order valence-corrected chi connectivity index (χ1v) is 21.9. The third-order valence-corrected chi connectivity index (χ3v) is 12.2. The molecule has 2 aromatic heterocycles. The van der Waals surface area contributed by atoms with Gasteiger partial charge in [-0.05, 0) is 41.0 Å². The molecule has 2 aromatic carbocycles. The van der Waals surface area contributed by atoms with Crippen molar-refractivity contribution in [3.63, 3.8) is 0 Å². The Morgan fingerprint density at radius 1 is 0.934 bits per heavy atom. The van der Waals surface area contributed by atoms with Crippen LogP contribution >= 0.6 is 11.3 Å². The summed E-state index contributed by atoms with van der Waals surface area (Å²) in [6.07, 6.45) is 0.692. The molecule has 14 nitrogen and oxygen atoms in total. The minimum absolute atomic E-state index is 0.100. The molecule has 4 aromatic rings. The topological polar surface area (TPSA) is 169 Å². The largest absolute Gasteiger partial charge is 0.453 e. The number of hydrogen-bond donors (Lipinski definition) is 4. The number of nitrogens with one attached hydrogen (secondary N) is 3. The number of carbonyl (C=O) groups is 4. The van der Waals surface area contributed by atoms with Gasteiger partial charge < -0.3 is 30.3 Å². The molecule has 1 aliphatic rings. The summed E-state index contributed by atoms with van der Waals surface area (Å²) in [5.41, 5.74) is 6.53. The van der Waals surface area contributed by atoms with Gasteiger partial charge in [0.25, 0.3) is 5.91 Å². The van der Waals surface area contributed by atoms with Gasteiger partial charge in [0.1, 0.15) is 12.1 Å². The van der Waals surface area contributed by atoms with Crippen LogP contribution in [0.4, 0.5) is 9.59 Å². The number of hydrogen-bond acceptors (Lipinski definition) is 10. The van der Waals surface area contributed by atoms with Gasteiger partial charge in [-0.15, -0.1) is 11.3 Å². The quantitative estimate of drug-likeness (QED) is 0.0784. The molecule has 3 heterocycles. The molecular weight excluding hydrogens is 793 g/mol. The van der Waals surface area contributed by atoms with Gasteiger partial charge in [0, 0.05) is 49.2 Å². The molecule has 15 heteroatoms. The van der Waals surface area contributed by atoms with E-state index in [4.69, 9.17) is 9.72 Å². The molecule has 1 fully saturated rings. The lowest BCUT2D eigenvalue weighted by Crippen LogP contribution is -2.60. The second-order valence-corrected chi connectivity index (χ2v) is 18.0. The summed E-state index contributed by atoms with van der Waals surface area (Å²) in [5, 5.41) is 22.6. The number of thiazole rings is 1. The van der Waals surface area contributed by atoms with E-state index in [1.807, 2.05) is 113 Å². The standard InChI is InChI=1S/C46H62N8O6S/c1-9-31(4)39(54-24-23-52(45(54)59)27-35-29-61-43(48-35)30(2)3)41(56)49-37(25-32-15-11-10-12-16-32)38(55)28-53(51-42(57)40(46(5,6)7)50-44(58)60-8)26-33-18-20-34(21-19-33)36-17-13-14-22-47-36/h10-22,29-31,37-40,55H,9,23-28H2,1-8H3,(H,49,56)(H,50,58)(H,51,57)/t31-,37-,38-,39-,40+/m0/s1. The summed E-state index contributed by atoms with van der Waals surface area (Å²) in [6, 6.07) is 20.2. The summed E-state index contributed by atoms with van der Waals surface area (Å²) >= 11 is 1.58. The average molecular weight is 855 g/mol. The number of urea groups is 1. The first-order valence-electron chi connectivity index (χ1n) is 21.0. The highest BCUT2D eigenvalue weighted by atomic mass is 32.1. The third-order valence-electron chi connectivity index (χ3n) is 11.0. The molecule has 0 spiro atoms. The Morgan fingerprint density at radius 3 is 2.25 bits per heavy atom. The normalized spacial score (nSPS) is 15.6. The Labute approximate surface area is 364 Å². The number of benzene rings is 2. The van der Waals surface area contributed by atoms with E-state index in [1.54, 1.807) is 32.3 Å². The highest BCUT2D eigenvalue weighted by molar-refractivity contribution is 7.09. The van der Waals surface area contributed by atoms with Crippen LogP contribution in [0.5, 0.6) is 0 Å². The van der Waals surface area contributed by atoms with Gasteiger partial charge in [0.05, 0.1) is 42.2 Å². The maximum atomic E-state index is 14.6. The van der Waals surface area contributed by atoms with Gasteiger partial charge in [-0.25, -0.2) is 19.6 Å². The summed E-state index contributed by atoms with van der Waals surface area (Å²) in [4.78, 5) is 67.5. The van der Waals surface area contributed by atoms with Crippen LogP contribution in [-0.4, -0.2) is 105 Å². The lowest BCUT2D eigenvalue weighted by Gasteiger charge is -2.36. The van der Waals surface area contributed by atoms with Crippen molar-refractivity contribution in [2.24, 2.45) is 11.3 Å². The summed E-state index contributed by atoms with van der Waals surface area (Å²) in [6.45, 7) is 14.9. The fourth-order valence-corrected chi connectivity index (χ4v) is 8.15. The Balaban J connectivity index is 1.40. The zero-order chi connectivity index (χ0) is 44.3. The van der Waals surface area contributed by atoms with Gasteiger partial charge in [-0.3, -0.25) is 20.0 Å². The smallest absolute Gasteiger partial charge is 0.407 e. The van der Waals surface area contributed by atoms with Crippen LogP contribution in [0, 0.1) is 11.3 Å². The monoisotopic (exact) mass is 854 g/mol. The molecule has 0 unspecified atom stereocenters. The van der Waals surface area contributed by atoms with Gasteiger partial charge in [0.2, 0.25) is 5.91 Å². The molecule has 5 amide bonds. The molecule has 328 valence electrons. The van der Waals surface area contributed by atoms with Crippen molar-refractivity contribution in [2.75, 3.05) is 26.7 Å². The number of pyridine rings is 1. The van der Waals surface area contributed by atoms with E-state index in [0.29, 0.717) is 32.0 Å². The first kappa shape index (κ1) is 46.7. The predicted octanol–water partition coefficient (Wildman–Crippen LogP) is 6.37. The fourth-order valence-electron chi connectivity index (χ4n) is 7.32. The SMILES string of the molecule is CC[C@H](C)[C@@H](C(=O)N[C@@H](Cc1ccccc1)[C@@H](O)CN(Cc1ccc(-c2ccccn2)cc1)NC(=O)[C@@H](NC(=O)OC)C(C)(C)C)N1CCN(Cc2csc(C(C)C)n2)C1=O. The van der Waals surface area contributed by atoms with Gasteiger partial charge in [-0.2, -0.15) is 0 Å². The molecule has 0 radical (unpaired) electrons. The zero-order valence-electron chi connectivity index (χ0n) is 36.6. The molecule has 0 saturated carbocycles. The number of rotatable bonds is 19. The average Bonchev–Trinajstić information content (AvgIpc) is 3.86. The lowest BCUT2D eigenvalue weighted by atomic mass is 9.86. The molecule has 4 N–H and O–H groups in total. The zero-order valence-corrected chi connectivity index (χ0v) is 37.4. The molecule has 1 aliphatic heterocycles. The van der Waals surface area contributed by atoms with Crippen LogP contribution in [0.15, 0.2) is 84.4 Å². The third kappa shape index (κ3) is 12.8. The summed E-state index contributed by atoms with van der Waals surface area (Å²) in [5.74, 6) is -0.771. The highest BCUT2D eigenvalue weighted by Crippen LogP contribution is 2.26. The summed E-state index contributed by atoms with van der Waals surface area (Å²) < 4.78 is 4.83. The molecule has 61 heavy (non-hydrogen) atoms. The number of nitrogens with zero attached hydrogens (tertiary/aromatic N) is 5. The molecule has 0 aliphatic carbocycles. The van der Waals surface area contributed by atoms with Crippen molar-refractivity contribution in [3.05, 3.63) is 106 Å². The maximum absolute atomic E-state index is 14.6. The van der Waals surface area contributed by atoms with Gasteiger partial charge in [0.15, 0.2) is 0 Å². The molecule has 1 saturated heterocycles. The Morgan fingerprint density at radius 2 is 1.64 bits per heavy atom. The van der Waals surface area contributed by atoms with Crippen molar-refractivity contribution >= 4 is 35.3 Å². The predicted molar refractivity (Wildman–Crippen MR) is 237 cm³/mol. The van der Waals surface area contributed by atoms with Gasteiger partial charge in [-0.1, -0.05) is 116 Å². The minimum Gasteiger partial charge on any atom is -0.453 e. The number of carbonyl (C=O) groups excluding carboxylic acids is 4. The number of alkyl carbamates (subject to hydrolysis) is 1. The van der Waals surface area contributed by atoms with E-state index in [0.717, 1.165) is 33.1 Å². The highest BCUT2D eigenvalue weighted by Gasteiger charge is 2.41. The van der Waals surface area contributed by atoms with Crippen LogP contribution in [0.2, 0.25) is 0 Å². The number of aromatic nitrogens is 2. The Bertz CT molecular complexity index is 2040. The first-order chi connectivity index (χ1) is 29.1. The number of ether oxygens (including phenoxy) is 1. The number of hydrazine groups is 1. The Hall–Kier alpha value is -5.38. The number of aliphatic hydroxyl groups is 1. The summed E-state index contributed by atoms with van der Waals surface area (Å²) in [7, 11) is 1.23. The van der Waals surface area contributed by atoms with E-state index >= 15 is 0 Å². The molecule has 5 rings (SSSR count). The molecular formula is C46H62N8O6S. The van der Waals surface area contributed by atoms with Crippen molar-refractivity contribution in [1.82, 2.24) is 40.8 Å². The van der Waals surface area contributed by atoms with Crippen molar-refractivity contribution in [2.45, 2.75) is 105 Å². The Kier molecular flexibility index (Phi) is 16.4. The lowest BCUT2D eigenvalue weighted by molar-refractivity contribution is -0.132. The van der Waals surface area contributed by atoms with E-state index < -0.39 is 41.6 Å². The van der Waals surface area contributed by atoms with Crippen molar-refractivity contribution < 1.29 is 29.0 Å². The number of methoxy groups -OCH3 is 1. The van der Waals surface area contributed by atoms with Crippen LogP contribution in [0.3, 0.4) is 0 Å². The maximum Gasteiger partial charge on any atom is 0.407 e. The van der Waals surface area contributed by atoms with Crippen LogP contribution < -0.4 is 16.1 Å².